The normalized spacial score (nSPS) is 12.3. The smallest absolute Gasteiger partial charge is 0.161 e. The van der Waals surface area contributed by atoms with E-state index >= 15 is 0 Å². The van der Waals surface area contributed by atoms with Gasteiger partial charge in [0.05, 0.1) is 6.04 Å². The van der Waals surface area contributed by atoms with Crippen LogP contribution in [0.2, 0.25) is 0 Å². The molecule has 2 aromatic carbocycles. The molecule has 0 radical (unpaired) electrons. The molecule has 0 aromatic heterocycles. The fourth-order valence-corrected chi connectivity index (χ4v) is 2.16. The van der Waals surface area contributed by atoms with Gasteiger partial charge in [-0.2, -0.15) is 0 Å². The Morgan fingerprint density at radius 1 is 1.00 bits per heavy atom. The highest BCUT2D eigenvalue weighted by molar-refractivity contribution is 5.48. The topological polar surface area (TPSA) is 29.3 Å². The molecule has 112 valence electrons. The molecule has 2 rings (SSSR count). The number of nitrogens with zero attached hydrogens (tertiary/aromatic N) is 1. The van der Waals surface area contributed by atoms with Crippen LogP contribution in [0.3, 0.4) is 0 Å². The second-order valence-corrected chi connectivity index (χ2v) is 4.63. The fourth-order valence-electron chi connectivity index (χ4n) is 2.16. The third kappa shape index (κ3) is 3.16. The summed E-state index contributed by atoms with van der Waals surface area (Å²) in [4.78, 5) is 1.51. The lowest BCUT2D eigenvalue weighted by Crippen LogP contribution is -2.31. The zero-order chi connectivity index (χ0) is 15.6. The fraction of sp³-hybridized carbons (Fsp3) is 0.200. The Bertz CT molecular complexity index is 646. The first-order chi connectivity index (χ1) is 9.93. The van der Waals surface area contributed by atoms with Crippen molar-refractivity contribution in [3.05, 3.63) is 65.2 Å². The van der Waals surface area contributed by atoms with E-state index < -0.39 is 29.3 Å². The van der Waals surface area contributed by atoms with Crippen molar-refractivity contribution in [1.82, 2.24) is 0 Å². The van der Waals surface area contributed by atoms with E-state index in [9.17, 15) is 17.6 Å². The van der Waals surface area contributed by atoms with Crippen LogP contribution in [0.4, 0.5) is 23.2 Å². The van der Waals surface area contributed by atoms with E-state index in [0.717, 1.165) is 6.07 Å². The maximum Gasteiger partial charge on any atom is 0.161 e. The van der Waals surface area contributed by atoms with E-state index in [0.29, 0.717) is 11.8 Å². The zero-order valence-corrected chi connectivity index (χ0v) is 11.3. The number of benzene rings is 2. The minimum atomic E-state index is -1.26. The van der Waals surface area contributed by atoms with Gasteiger partial charge < -0.3 is 10.6 Å². The molecule has 1 unspecified atom stereocenters. The second-order valence-electron chi connectivity index (χ2n) is 4.63. The van der Waals surface area contributed by atoms with Gasteiger partial charge >= 0.3 is 0 Å². The van der Waals surface area contributed by atoms with Crippen molar-refractivity contribution < 1.29 is 17.6 Å². The Balaban J connectivity index is 2.42. The maximum absolute atomic E-state index is 13.9. The summed E-state index contributed by atoms with van der Waals surface area (Å²) in [5, 5.41) is 0. The van der Waals surface area contributed by atoms with Crippen LogP contribution >= 0.6 is 0 Å². The molecule has 0 aliphatic carbocycles. The molecule has 0 aliphatic heterocycles. The molecule has 0 bridgehead atoms. The van der Waals surface area contributed by atoms with Gasteiger partial charge in [0.25, 0.3) is 0 Å². The van der Waals surface area contributed by atoms with Gasteiger partial charge in [-0.15, -0.1) is 0 Å². The van der Waals surface area contributed by atoms with E-state index in [4.69, 9.17) is 5.73 Å². The average molecular weight is 298 g/mol. The Morgan fingerprint density at radius 3 is 2.29 bits per heavy atom. The highest BCUT2D eigenvalue weighted by Gasteiger charge is 2.22. The molecule has 0 aliphatic rings. The van der Waals surface area contributed by atoms with Crippen LogP contribution in [-0.4, -0.2) is 13.6 Å². The van der Waals surface area contributed by atoms with E-state index in [-0.39, 0.29) is 12.1 Å². The van der Waals surface area contributed by atoms with E-state index in [1.165, 1.54) is 23.1 Å². The van der Waals surface area contributed by atoms with Crippen molar-refractivity contribution in [2.24, 2.45) is 5.73 Å². The number of anilines is 1. The summed E-state index contributed by atoms with van der Waals surface area (Å²) in [6.07, 6.45) is 0. The molecule has 2 nitrogen and oxygen atoms in total. The molecular formula is C15H14F4N2. The Kier molecular flexibility index (Phi) is 4.47. The summed E-state index contributed by atoms with van der Waals surface area (Å²) in [6, 6.07) is 6.14. The van der Waals surface area contributed by atoms with Crippen LogP contribution in [0.1, 0.15) is 11.6 Å². The molecule has 21 heavy (non-hydrogen) atoms. The lowest BCUT2D eigenvalue weighted by molar-refractivity contribution is 0.483. The minimum Gasteiger partial charge on any atom is -0.366 e. The minimum absolute atomic E-state index is 0.0466. The lowest BCUT2D eigenvalue weighted by atomic mass is 10.0. The van der Waals surface area contributed by atoms with E-state index in [1.54, 1.807) is 13.1 Å². The summed E-state index contributed by atoms with van der Waals surface area (Å²) in [5.41, 5.74) is 5.99. The van der Waals surface area contributed by atoms with Crippen LogP contribution < -0.4 is 10.6 Å². The SMILES string of the molecule is CN(c1cccc(F)c1)C(CN)c1cc(F)c(F)cc1F. The summed E-state index contributed by atoms with van der Waals surface area (Å²) < 4.78 is 53.4. The number of likely N-dealkylation sites (N-methyl/N-ethyl adjacent to an activating group) is 1. The molecule has 6 heteroatoms. The summed E-state index contributed by atoms with van der Waals surface area (Å²) in [5.74, 6) is -3.77. The van der Waals surface area contributed by atoms with Crippen molar-refractivity contribution in [2.45, 2.75) is 6.04 Å². The first-order valence-corrected chi connectivity index (χ1v) is 6.27. The Hall–Kier alpha value is -2.08. The summed E-state index contributed by atoms with van der Waals surface area (Å²) in [6.45, 7) is -0.0466. The third-order valence-electron chi connectivity index (χ3n) is 3.30. The predicted octanol–water partition coefficient (Wildman–Crippen LogP) is 3.38. The molecule has 0 spiro atoms. The number of nitrogens with two attached hydrogens (primary N) is 1. The van der Waals surface area contributed by atoms with Crippen LogP contribution in [0.15, 0.2) is 36.4 Å². The number of hydrogen-bond donors (Lipinski definition) is 1. The maximum atomic E-state index is 13.9. The zero-order valence-electron chi connectivity index (χ0n) is 11.3. The monoisotopic (exact) mass is 298 g/mol. The van der Waals surface area contributed by atoms with Gasteiger partial charge in [0.2, 0.25) is 0 Å². The summed E-state index contributed by atoms with van der Waals surface area (Å²) >= 11 is 0. The number of rotatable bonds is 4. The van der Waals surface area contributed by atoms with Crippen molar-refractivity contribution in [1.29, 1.82) is 0 Å². The van der Waals surface area contributed by atoms with Crippen LogP contribution in [0.25, 0.3) is 0 Å². The van der Waals surface area contributed by atoms with Gasteiger partial charge in [-0.3, -0.25) is 0 Å². The van der Waals surface area contributed by atoms with Crippen LogP contribution in [0.5, 0.6) is 0 Å². The third-order valence-corrected chi connectivity index (χ3v) is 3.30. The second kappa shape index (κ2) is 6.13. The molecular weight excluding hydrogens is 284 g/mol. The summed E-state index contributed by atoms with van der Waals surface area (Å²) in [7, 11) is 1.58. The molecule has 0 saturated carbocycles. The Morgan fingerprint density at radius 2 is 1.67 bits per heavy atom. The predicted molar refractivity (Wildman–Crippen MR) is 72.9 cm³/mol. The van der Waals surface area contributed by atoms with Crippen LogP contribution in [0, 0.1) is 23.3 Å². The van der Waals surface area contributed by atoms with E-state index in [1.807, 2.05) is 0 Å². The molecule has 0 saturated heterocycles. The molecule has 0 fully saturated rings. The average Bonchev–Trinajstić information content (AvgIpc) is 2.45. The van der Waals surface area contributed by atoms with Gasteiger partial charge in [0.1, 0.15) is 11.6 Å². The molecule has 2 N–H and O–H groups in total. The van der Waals surface area contributed by atoms with Crippen molar-refractivity contribution in [3.63, 3.8) is 0 Å². The van der Waals surface area contributed by atoms with E-state index in [2.05, 4.69) is 0 Å². The molecule has 0 heterocycles. The number of hydrogen-bond acceptors (Lipinski definition) is 2. The molecule has 2 aromatic rings. The van der Waals surface area contributed by atoms with Gasteiger partial charge in [0.15, 0.2) is 11.6 Å². The van der Waals surface area contributed by atoms with Gasteiger partial charge in [-0.1, -0.05) is 6.07 Å². The first kappa shape index (κ1) is 15.3. The standard InChI is InChI=1S/C15H14F4N2/c1-21(10-4-2-3-9(16)5-10)15(8-20)11-6-13(18)14(19)7-12(11)17/h2-7,15H,8,20H2,1H3. The molecule has 0 amide bonds. The highest BCUT2D eigenvalue weighted by Crippen LogP contribution is 2.28. The highest BCUT2D eigenvalue weighted by atomic mass is 19.2. The van der Waals surface area contributed by atoms with Crippen molar-refractivity contribution >= 4 is 5.69 Å². The van der Waals surface area contributed by atoms with Crippen molar-refractivity contribution in [3.8, 4) is 0 Å². The van der Waals surface area contributed by atoms with Gasteiger partial charge in [-0.05, 0) is 24.3 Å². The largest absolute Gasteiger partial charge is 0.366 e. The van der Waals surface area contributed by atoms with Crippen LogP contribution in [-0.2, 0) is 0 Å². The quantitative estimate of drug-likeness (QED) is 0.692. The molecule has 1 atom stereocenters. The lowest BCUT2D eigenvalue weighted by Gasteiger charge is -2.29. The van der Waals surface area contributed by atoms with Gasteiger partial charge in [0, 0.05) is 30.9 Å². The van der Waals surface area contributed by atoms with Crippen molar-refractivity contribution in [2.75, 3.05) is 18.5 Å². The van der Waals surface area contributed by atoms with Gasteiger partial charge in [-0.25, -0.2) is 17.6 Å². The number of halogens is 4. The first-order valence-electron chi connectivity index (χ1n) is 6.27. The Labute approximate surface area is 119 Å².